The Kier molecular flexibility index (Phi) is 6.91. The fourth-order valence-electron chi connectivity index (χ4n) is 1.70. The Balaban J connectivity index is 0.00000112. The van der Waals surface area contributed by atoms with Crippen LogP contribution in [0.2, 0.25) is 0 Å². The van der Waals surface area contributed by atoms with Gasteiger partial charge < -0.3 is 10.6 Å². The highest BCUT2D eigenvalue weighted by molar-refractivity contribution is 5.85. The maximum Gasteiger partial charge on any atom is 0.101 e. The highest BCUT2D eigenvalue weighted by Crippen LogP contribution is 2.16. The first-order valence-corrected chi connectivity index (χ1v) is 4.86. The summed E-state index contributed by atoms with van der Waals surface area (Å²) in [6.45, 7) is 2.05. The third-order valence-electron chi connectivity index (χ3n) is 2.47. The Labute approximate surface area is 108 Å². The number of rotatable bonds is 2. The van der Waals surface area contributed by atoms with E-state index in [0.29, 0.717) is 6.04 Å². The van der Waals surface area contributed by atoms with Gasteiger partial charge >= 0.3 is 0 Å². The van der Waals surface area contributed by atoms with Gasteiger partial charge in [-0.3, -0.25) is 0 Å². The molecule has 1 atom stereocenters. The molecule has 1 aliphatic rings. The van der Waals surface area contributed by atoms with E-state index >= 15 is 0 Å². The van der Waals surface area contributed by atoms with Crippen LogP contribution in [-0.4, -0.2) is 19.1 Å². The first-order valence-electron chi connectivity index (χ1n) is 4.86. The standard InChI is InChI=1S/C11H13N3.2ClH/c12-7-9-3-1-2-4-11(9)14-10-5-6-13-8-10;;/h1-4,10,13-14H,5-6,8H2;2*1H. The van der Waals surface area contributed by atoms with Gasteiger partial charge in [-0.05, 0) is 25.1 Å². The predicted molar refractivity (Wildman–Crippen MR) is 70.6 cm³/mol. The van der Waals surface area contributed by atoms with Crippen LogP contribution in [0.15, 0.2) is 24.3 Å². The van der Waals surface area contributed by atoms with Gasteiger partial charge in [-0.15, -0.1) is 24.8 Å². The van der Waals surface area contributed by atoms with Crippen molar-refractivity contribution in [3.05, 3.63) is 29.8 Å². The molecule has 1 saturated heterocycles. The number of hydrogen-bond donors (Lipinski definition) is 2. The summed E-state index contributed by atoms with van der Waals surface area (Å²) in [5, 5.41) is 15.5. The molecule has 1 aromatic carbocycles. The molecular formula is C11H15Cl2N3. The third kappa shape index (κ3) is 3.57. The van der Waals surface area contributed by atoms with Crippen molar-refractivity contribution in [3.8, 4) is 6.07 Å². The van der Waals surface area contributed by atoms with Crippen LogP contribution < -0.4 is 10.6 Å². The summed E-state index contributed by atoms with van der Waals surface area (Å²) in [7, 11) is 0. The Morgan fingerprint density at radius 3 is 2.69 bits per heavy atom. The second-order valence-corrected chi connectivity index (χ2v) is 3.49. The monoisotopic (exact) mass is 259 g/mol. The Bertz CT molecular complexity index is 356. The minimum atomic E-state index is 0. The molecule has 2 N–H and O–H groups in total. The molecule has 1 unspecified atom stereocenters. The van der Waals surface area contributed by atoms with E-state index in [2.05, 4.69) is 16.7 Å². The summed E-state index contributed by atoms with van der Waals surface area (Å²) >= 11 is 0. The number of nitrogens with zero attached hydrogens (tertiary/aromatic N) is 1. The first-order chi connectivity index (χ1) is 6.90. The fourth-order valence-corrected chi connectivity index (χ4v) is 1.70. The second-order valence-electron chi connectivity index (χ2n) is 3.49. The highest BCUT2D eigenvalue weighted by atomic mass is 35.5. The van der Waals surface area contributed by atoms with Crippen molar-refractivity contribution < 1.29 is 0 Å². The number of halogens is 2. The van der Waals surface area contributed by atoms with Crippen LogP contribution in [-0.2, 0) is 0 Å². The number of hydrogen-bond acceptors (Lipinski definition) is 3. The van der Waals surface area contributed by atoms with Crippen molar-refractivity contribution in [3.63, 3.8) is 0 Å². The van der Waals surface area contributed by atoms with Crippen molar-refractivity contribution >= 4 is 30.5 Å². The van der Waals surface area contributed by atoms with Gasteiger partial charge in [0.2, 0.25) is 0 Å². The van der Waals surface area contributed by atoms with Gasteiger partial charge in [0.05, 0.1) is 11.3 Å². The van der Waals surface area contributed by atoms with Crippen LogP contribution in [0, 0.1) is 11.3 Å². The molecule has 2 rings (SSSR count). The minimum Gasteiger partial charge on any atom is -0.380 e. The summed E-state index contributed by atoms with van der Waals surface area (Å²) in [6.07, 6.45) is 1.12. The van der Waals surface area contributed by atoms with Crippen molar-refractivity contribution in [2.45, 2.75) is 12.5 Å². The van der Waals surface area contributed by atoms with E-state index in [0.717, 1.165) is 30.8 Å². The second kappa shape index (κ2) is 7.34. The van der Waals surface area contributed by atoms with Crippen LogP contribution in [0.3, 0.4) is 0 Å². The van der Waals surface area contributed by atoms with Crippen LogP contribution in [0.1, 0.15) is 12.0 Å². The van der Waals surface area contributed by atoms with Crippen molar-refractivity contribution in [2.75, 3.05) is 18.4 Å². The normalized spacial score (nSPS) is 17.8. The van der Waals surface area contributed by atoms with Crippen LogP contribution in [0.4, 0.5) is 5.69 Å². The van der Waals surface area contributed by atoms with Gasteiger partial charge in [0.15, 0.2) is 0 Å². The van der Waals surface area contributed by atoms with E-state index in [4.69, 9.17) is 5.26 Å². The summed E-state index contributed by atoms with van der Waals surface area (Å²) in [5.74, 6) is 0. The molecule has 1 aliphatic heterocycles. The molecule has 1 fully saturated rings. The van der Waals surface area contributed by atoms with Crippen molar-refractivity contribution in [2.24, 2.45) is 0 Å². The number of nitriles is 1. The molecule has 0 aromatic heterocycles. The topological polar surface area (TPSA) is 47.9 Å². The summed E-state index contributed by atoms with van der Waals surface area (Å²) in [5.41, 5.74) is 1.67. The molecular weight excluding hydrogens is 245 g/mol. The average Bonchev–Trinajstić information content (AvgIpc) is 2.71. The lowest BCUT2D eigenvalue weighted by Gasteiger charge is -2.13. The van der Waals surface area contributed by atoms with Crippen LogP contribution in [0.25, 0.3) is 0 Å². The lowest BCUT2D eigenvalue weighted by Crippen LogP contribution is -2.22. The van der Waals surface area contributed by atoms with E-state index in [-0.39, 0.29) is 24.8 Å². The van der Waals surface area contributed by atoms with Gasteiger partial charge in [-0.1, -0.05) is 12.1 Å². The van der Waals surface area contributed by atoms with E-state index in [1.54, 1.807) is 0 Å². The summed E-state index contributed by atoms with van der Waals surface area (Å²) < 4.78 is 0. The van der Waals surface area contributed by atoms with Crippen molar-refractivity contribution in [1.29, 1.82) is 5.26 Å². The lowest BCUT2D eigenvalue weighted by atomic mass is 10.1. The SMILES string of the molecule is Cl.Cl.N#Cc1ccccc1NC1CCNC1. The Morgan fingerprint density at radius 1 is 1.31 bits per heavy atom. The van der Waals surface area contributed by atoms with Gasteiger partial charge in [-0.2, -0.15) is 5.26 Å². The van der Waals surface area contributed by atoms with Crippen LogP contribution in [0.5, 0.6) is 0 Å². The maximum atomic E-state index is 8.89. The first kappa shape index (κ1) is 15.0. The Morgan fingerprint density at radius 2 is 2.06 bits per heavy atom. The predicted octanol–water partition coefficient (Wildman–Crippen LogP) is 2.18. The summed E-state index contributed by atoms with van der Waals surface area (Å²) in [4.78, 5) is 0. The molecule has 1 aromatic rings. The third-order valence-corrected chi connectivity index (χ3v) is 2.47. The number of para-hydroxylation sites is 1. The number of benzene rings is 1. The minimum absolute atomic E-state index is 0. The molecule has 88 valence electrons. The Hall–Kier alpha value is -0.950. The van der Waals surface area contributed by atoms with Gasteiger partial charge in [0.25, 0.3) is 0 Å². The maximum absolute atomic E-state index is 8.89. The highest BCUT2D eigenvalue weighted by Gasteiger charge is 2.14. The zero-order valence-electron chi connectivity index (χ0n) is 8.77. The van der Waals surface area contributed by atoms with E-state index in [1.165, 1.54) is 0 Å². The molecule has 0 amide bonds. The van der Waals surface area contributed by atoms with Gasteiger partial charge in [0, 0.05) is 12.6 Å². The number of anilines is 1. The molecule has 0 spiro atoms. The zero-order chi connectivity index (χ0) is 9.80. The molecule has 0 saturated carbocycles. The molecule has 0 bridgehead atoms. The molecule has 16 heavy (non-hydrogen) atoms. The molecule has 5 heteroatoms. The van der Waals surface area contributed by atoms with E-state index < -0.39 is 0 Å². The summed E-state index contributed by atoms with van der Waals surface area (Å²) in [6, 6.07) is 10.3. The molecule has 0 aliphatic carbocycles. The quantitative estimate of drug-likeness (QED) is 0.856. The lowest BCUT2D eigenvalue weighted by molar-refractivity contribution is 0.793. The van der Waals surface area contributed by atoms with E-state index in [1.807, 2.05) is 24.3 Å². The van der Waals surface area contributed by atoms with Gasteiger partial charge in [0.1, 0.15) is 6.07 Å². The molecule has 1 heterocycles. The smallest absolute Gasteiger partial charge is 0.101 e. The van der Waals surface area contributed by atoms with Crippen LogP contribution >= 0.6 is 24.8 Å². The molecule has 3 nitrogen and oxygen atoms in total. The van der Waals surface area contributed by atoms with E-state index in [9.17, 15) is 0 Å². The van der Waals surface area contributed by atoms with Crippen molar-refractivity contribution in [1.82, 2.24) is 5.32 Å². The number of nitrogens with one attached hydrogen (secondary N) is 2. The fraction of sp³-hybridized carbons (Fsp3) is 0.364. The van der Waals surface area contributed by atoms with Gasteiger partial charge in [-0.25, -0.2) is 0 Å². The molecule has 0 radical (unpaired) electrons. The zero-order valence-corrected chi connectivity index (χ0v) is 10.4. The largest absolute Gasteiger partial charge is 0.380 e. The average molecular weight is 260 g/mol.